The van der Waals surface area contributed by atoms with Crippen molar-refractivity contribution >= 4 is 23.2 Å². The lowest BCUT2D eigenvalue weighted by Crippen LogP contribution is -2.27. The summed E-state index contributed by atoms with van der Waals surface area (Å²) >= 11 is 0.839. The number of rotatable bonds is 11. The molecule has 3 aromatic rings. The molecule has 2 N–H and O–H groups in total. The van der Waals surface area contributed by atoms with Crippen LogP contribution in [0.15, 0.2) is 30.9 Å². The molecule has 0 aromatic carbocycles. The number of nitrogens with one attached hydrogen (secondary N) is 2. The summed E-state index contributed by atoms with van der Waals surface area (Å²) in [5, 5.41) is 12.0. The summed E-state index contributed by atoms with van der Waals surface area (Å²) in [5.41, 5.74) is -0.978. The normalized spacial score (nSPS) is 12.8. The van der Waals surface area contributed by atoms with E-state index in [1.54, 1.807) is 0 Å². The van der Waals surface area contributed by atoms with Crippen LogP contribution in [0.4, 0.5) is 30.7 Å². The molecule has 3 aromatic heterocycles. The monoisotopic (exact) mass is 567 g/mol. The highest BCUT2D eigenvalue weighted by atomic mass is 32.1. The van der Waals surface area contributed by atoms with Crippen LogP contribution in [0.3, 0.4) is 0 Å². The van der Waals surface area contributed by atoms with Crippen LogP contribution in [-0.2, 0) is 25.7 Å². The van der Waals surface area contributed by atoms with Gasteiger partial charge in [-0.3, -0.25) is 14.6 Å². The zero-order chi connectivity index (χ0) is 27.9. The zero-order valence-electron chi connectivity index (χ0n) is 19.3. The average molecular weight is 567 g/mol. The fraction of sp³-hybridized carbons (Fsp3) is 0.429. The van der Waals surface area contributed by atoms with Crippen LogP contribution in [0.5, 0.6) is 0 Å². The molecule has 0 spiro atoms. The molecule has 0 radical (unpaired) electrons. The summed E-state index contributed by atoms with van der Waals surface area (Å²) in [5.74, 6) is -1.49. The Bertz CT molecular complexity index is 1240. The Balaban J connectivity index is 1.43. The largest absolute Gasteiger partial charge is 0.416 e. The Morgan fingerprint density at radius 1 is 1.05 bits per heavy atom. The van der Waals surface area contributed by atoms with Crippen LogP contribution < -0.4 is 10.6 Å². The van der Waals surface area contributed by atoms with E-state index in [0.717, 1.165) is 29.7 Å². The third-order valence-electron chi connectivity index (χ3n) is 4.88. The van der Waals surface area contributed by atoms with E-state index in [4.69, 9.17) is 0 Å². The van der Waals surface area contributed by atoms with Crippen molar-refractivity contribution in [1.82, 2.24) is 35.4 Å². The second kappa shape index (κ2) is 12.3. The van der Waals surface area contributed by atoms with Crippen molar-refractivity contribution in [3.05, 3.63) is 57.8 Å². The number of carbonyl (C=O) groups is 2. The van der Waals surface area contributed by atoms with Gasteiger partial charge in [-0.05, 0) is 18.6 Å². The molecule has 0 fully saturated rings. The summed E-state index contributed by atoms with van der Waals surface area (Å²) < 4.78 is 90.6. The molecule has 0 saturated carbocycles. The van der Waals surface area contributed by atoms with Crippen molar-refractivity contribution in [3.8, 4) is 0 Å². The molecule has 0 aliphatic heterocycles. The van der Waals surface area contributed by atoms with Crippen LogP contribution >= 0.6 is 11.3 Å². The first-order chi connectivity index (χ1) is 17.8. The van der Waals surface area contributed by atoms with E-state index in [9.17, 15) is 40.3 Å². The number of hydrogen-bond donors (Lipinski definition) is 2. The first kappa shape index (κ1) is 28.9. The fourth-order valence-corrected chi connectivity index (χ4v) is 3.80. The van der Waals surface area contributed by atoms with Gasteiger partial charge in [0, 0.05) is 25.4 Å². The number of hydrogen-bond acceptors (Lipinski definition) is 7. The number of carbonyl (C=O) groups excluding carboxylic acids is 2. The Morgan fingerprint density at radius 2 is 1.82 bits per heavy atom. The molecule has 9 nitrogen and oxygen atoms in total. The summed E-state index contributed by atoms with van der Waals surface area (Å²) in [7, 11) is 0. The summed E-state index contributed by atoms with van der Waals surface area (Å²) in [6.07, 6.45) is -7.97. The smallest absolute Gasteiger partial charge is 0.350 e. The molecule has 3 heterocycles. The van der Waals surface area contributed by atoms with Crippen molar-refractivity contribution in [3.63, 3.8) is 0 Å². The maximum absolute atomic E-state index is 14.5. The van der Waals surface area contributed by atoms with Crippen LogP contribution in [0.25, 0.3) is 0 Å². The predicted octanol–water partition coefficient (Wildman–Crippen LogP) is 3.73. The highest BCUT2D eigenvalue weighted by Crippen LogP contribution is 2.29. The molecule has 0 bridgehead atoms. The van der Waals surface area contributed by atoms with Gasteiger partial charge in [-0.2, -0.15) is 26.3 Å². The van der Waals surface area contributed by atoms with Gasteiger partial charge in [0.1, 0.15) is 16.9 Å². The van der Waals surface area contributed by atoms with E-state index >= 15 is 0 Å². The summed E-state index contributed by atoms with van der Waals surface area (Å²) in [4.78, 5) is 31.7. The molecule has 38 heavy (non-hydrogen) atoms. The minimum Gasteiger partial charge on any atom is -0.350 e. The van der Waals surface area contributed by atoms with Gasteiger partial charge in [0.2, 0.25) is 5.01 Å². The average Bonchev–Trinajstić information content (AvgIpc) is 3.50. The molecule has 0 aliphatic rings. The highest BCUT2D eigenvalue weighted by Gasteiger charge is 2.30. The number of aromatic nitrogens is 5. The minimum absolute atomic E-state index is 0.00458. The number of aryl methyl sites for hydroxylation is 1. The van der Waals surface area contributed by atoms with Crippen molar-refractivity contribution in [2.75, 3.05) is 6.54 Å². The standard InChI is InChI=1S/C21H20F7N7O2S/c22-13(1-2-16-33-34-19(38-16)18(37)30-6-4-20(23,24)25)9-35-10-15(32-11-35)17(36)31-8-14-7-12(3-5-29-14)21(26,27)28/h3,5,7,10-11,13H,1-2,4,6,8-9H2,(H,30,37)(H,31,36). The maximum Gasteiger partial charge on any atom is 0.416 e. The van der Waals surface area contributed by atoms with Crippen LogP contribution in [0, 0.1) is 0 Å². The first-order valence-corrected chi connectivity index (χ1v) is 11.8. The Morgan fingerprint density at radius 3 is 2.53 bits per heavy atom. The molecule has 3 rings (SSSR count). The van der Waals surface area contributed by atoms with Crippen molar-refractivity contribution < 1.29 is 40.3 Å². The van der Waals surface area contributed by atoms with Crippen molar-refractivity contribution in [2.24, 2.45) is 0 Å². The van der Waals surface area contributed by atoms with E-state index in [1.807, 2.05) is 0 Å². The SMILES string of the molecule is O=C(NCc1cc(C(F)(F)F)ccn1)c1cn(CC(F)CCc2nnc(C(=O)NCCC(F)(F)F)s2)cn1. The minimum atomic E-state index is -4.55. The number of halogens is 7. The van der Waals surface area contributed by atoms with Gasteiger partial charge in [0.25, 0.3) is 11.8 Å². The summed E-state index contributed by atoms with van der Waals surface area (Å²) in [6.45, 7) is -1.04. The number of amides is 2. The van der Waals surface area contributed by atoms with E-state index in [1.165, 1.54) is 17.1 Å². The number of nitrogens with zero attached hydrogens (tertiary/aromatic N) is 5. The fourth-order valence-electron chi connectivity index (χ4n) is 3.03. The van der Waals surface area contributed by atoms with E-state index < -0.39 is 48.9 Å². The Hall–Kier alpha value is -3.63. The molecule has 206 valence electrons. The van der Waals surface area contributed by atoms with Gasteiger partial charge in [-0.15, -0.1) is 10.2 Å². The van der Waals surface area contributed by atoms with Crippen LogP contribution in [-0.4, -0.2) is 55.4 Å². The Kier molecular flexibility index (Phi) is 9.35. The predicted molar refractivity (Wildman–Crippen MR) is 119 cm³/mol. The van der Waals surface area contributed by atoms with Gasteiger partial charge in [-0.1, -0.05) is 11.3 Å². The maximum atomic E-state index is 14.5. The molecule has 0 aliphatic carbocycles. The topological polar surface area (TPSA) is 115 Å². The van der Waals surface area contributed by atoms with Crippen molar-refractivity contribution in [2.45, 2.75) is 50.9 Å². The third-order valence-corrected chi connectivity index (χ3v) is 5.86. The van der Waals surface area contributed by atoms with Gasteiger partial charge in [-0.25, -0.2) is 9.37 Å². The Labute approximate surface area is 214 Å². The van der Waals surface area contributed by atoms with E-state index in [2.05, 4.69) is 30.8 Å². The van der Waals surface area contributed by atoms with E-state index in [0.29, 0.717) is 5.01 Å². The lowest BCUT2D eigenvalue weighted by atomic mass is 10.2. The number of alkyl halides is 7. The van der Waals surface area contributed by atoms with Gasteiger partial charge in [0.05, 0.1) is 37.1 Å². The first-order valence-electron chi connectivity index (χ1n) is 10.9. The molecule has 1 unspecified atom stereocenters. The van der Waals surface area contributed by atoms with Crippen molar-refractivity contribution in [1.29, 1.82) is 0 Å². The molecule has 0 saturated heterocycles. The lowest BCUT2D eigenvalue weighted by molar-refractivity contribution is -0.137. The van der Waals surface area contributed by atoms with E-state index in [-0.39, 0.29) is 42.3 Å². The molecule has 17 heteroatoms. The van der Waals surface area contributed by atoms with Crippen LogP contribution in [0.2, 0.25) is 0 Å². The lowest BCUT2D eigenvalue weighted by Gasteiger charge is -2.08. The van der Waals surface area contributed by atoms with Crippen LogP contribution in [0.1, 0.15) is 49.4 Å². The third kappa shape index (κ3) is 9.04. The quantitative estimate of drug-likeness (QED) is 0.342. The van der Waals surface area contributed by atoms with Gasteiger partial charge >= 0.3 is 12.4 Å². The molecular weight excluding hydrogens is 547 g/mol. The summed E-state index contributed by atoms with van der Waals surface area (Å²) in [6, 6.07) is 1.62. The van der Waals surface area contributed by atoms with Gasteiger partial charge in [0.15, 0.2) is 0 Å². The van der Waals surface area contributed by atoms with Gasteiger partial charge < -0.3 is 15.2 Å². The molecule has 1 atom stereocenters. The zero-order valence-corrected chi connectivity index (χ0v) is 20.1. The molecular formula is C21H20F7N7O2S. The molecule has 2 amide bonds. The number of imidazole rings is 1. The second-order valence-corrected chi connectivity index (χ2v) is 8.99. The highest BCUT2D eigenvalue weighted by molar-refractivity contribution is 7.13. The number of pyridine rings is 1. The second-order valence-electron chi connectivity index (χ2n) is 7.93.